The van der Waals surface area contributed by atoms with Crippen LogP contribution >= 0.6 is 0 Å². The molecule has 27 heavy (non-hydrogen) atoms. The van der Waals surface area contributed by atoms with Crippen molar-refractivity contribution in [1.82, 2.24) is 4.90 Å². The number of likely N-dealkylation sites (tertiary alicyclic amines) is 1. The van der Waals surface area contributed by atoms with Crippen LogP contribution in [-0.4, -0.2) is 39.9 Å². The van der Waals surface area contributed by atoms with Gasteiger partial charge in [-0.2, -0.15) is 0 Å². The number of benzene rings is 3. The van der Waals surface area contributed by atoms with Crippen molar-refractivity contribution in [3.05, 3.63) is 95.6 Å². The maximum Gasteiger partial charge on any atom is 0.0989 e. The molecule has 1 aliphatic carbocycles. The number of aliphatic hydroxyl groups excluding tert-OH is 2. The molecule has 3 aromatic carbocycles. The first-order valence-corrected chi connectivity index (χ1v) is 9.53. The Kier molecular flexibility index (Phi) is 3.73. The summed E-state index contributed by atoms with van der Waals surface area (Å²) < 4.78 is 0. The SMILES string of the molecule is C[C@H]1[C@H](O)[C@H](O)CN1C1(c2ccccc2)c2ccccc2-c2ccccc21. The molecule has 2 aliphatic rings. The van der Waals surface area contributed by atoms with E-state index in [4.69, 9.17) is 0 Å². The summed E-state index contributed by atoms with van der Waals surface area (Å²) in [6.45, 7) is 2.44. The molecule has 1 aliphatic heterocycles. The highest BCUT2D eigenvalue weighted by Gasteiger charge is 2.54. The predicted molar refractivity (Wildman–Crippen MR) is 106 cm³/mol. The van der Waals surface area contributed by atoms with Crippen molar-refractivity contribution >= 4 is 0 Å². The Bertz CT molecular complexity index is 939. The second-order valence-electron chi connectivity index (χ2n) is 7.62. The van der Waals surface area contributed by atoms with Gasteiger partial charge in [-0.15, -0.1) is 0 Å². The van der Waals surface area contributed by atoms with Crippen molar-refractivity contribution in [1.29, 1.82) is 0 Å². The fourth-order valence-corrected chi connectivity index (χ4v) is 5.10. The van der Waals surface area contributed by atoms with Crippen LogP contribution in [0.4, 0.5) is 0 Å². The number of aliphatic hydroxyl groups is 2. The van der Waals surface area contributed by atoms with Gasteiger partial charge in [0.1, 0.15) is 0 Å². The van der Waals surface area contributed by atoms with Crippen LogP contribution in [0.5, 0.6) is 0 Å². The molecule has 0 amide bonds. The average Bonchev–Trinajstić information content (AvgIpc) is 3.16. The Hall–Kier alpha value is -2.46. The van der Waals surface area contributed by atoms with Crippen LogP contribution in [-0.2, 0) is 5.54 Å². The van der Waals surface area contributed by atoms with Gasteiger partial charge >= 0.3 is 0 Å². The minimum atomic E-state index is -0.759. The fourth-order valence-electron chi connectivity index (χ4n) is 5.10. The second kappa shape index (κ2) is 6.03. The van der Waals surface area contributed by atoms with Crippen LogP contribution in [0.2, 0.25) is 0 Å². The van der Waals surface area contributed by atoms with Gasteiger partial charge in [0.2, 0.25) is 0 Å². The standard InChI is InChI=1S/C24H23NO2/c1-16-23(27)22(26)15-25(16)24(17-9-3-2-4-10-17)20-13-7-5-11-18(20)19-12-6-8-14-21(19)24/h2-14,16,22-23,26-27H,15H2,1H3/t16-,22+,23-/m0/s1. The van der Waals surface area contributed by atoms with Gasteiger partial charge in [-0.05, 0) is 34.7 Å². The van der Waals surface area contributed by atoms with E-state index in [0.717, 1.165) is 5.56 Å². The highest BCUT2D eigenvalue weighted by molar-refractivity contribution is 5.83. The maximum atomic E-state index is 10.6. The molecular weight excluding hydrogens is 334 g/mol. The first-order chi connectivity index (χ1) is 13.2. The minimum Gasteiger partial charge on any atom is -0.389 e. The van der Waals surface area contributed by atoms with Crippen molar-refractivity contribution in [3.8, 4) is 11.1 Å². The van der Waals surface area contributed by atoms with E-state index in [1.54, 1.807) is 0 Å². The molecule has 0 saturated carbocycles. The van der Waals surface area contributed by atoms with Crippen LogP contribution in [0.15, 0.2) is 78.9 Å². The maximum absolute atomic E-state index is 10.6. The Labute approximate surface area is 159 Å². The molecule has 0 spiro atoms. The van der Waals surface area contributed by atoms with Crippen LogP contribution in [0.1, 0.15) is 23.6 Å². The van der Waals surface area contributed by atoms with Crippen molar-refractivity contribution in [2.45, 2.75) is 30.7 Å². The Balaban J connectivity index is 1.88. The van der Waals surface area contributed by atoms with Crippen LogP contribution in [0.25, 0.3) is 11.1 Å². The summed E-state index contributed by atoms with van der Waals surface area (Å²) in [6, 6.07) is 27.3. The van der Waals surface area contributed by atoms with E-state index < -0.39 is 17.7 Å². The zero-order valence-electron chi connectivity index (χ0n) is 15.3. The van der Waals surface area contributed by atoms with Crippen molar-refractivity contribution in [3.63, 3.8) is 0 Å². The van der Waals surface area contributed by atoms with E-state index in [9.17, 15) is 10.2 Å². The second-order valence-corrected chi connectivity index (χ2v) is 7.62. The highest BCUT2D eigenvalue weighted by atomic mass is 16.3. The number of nitrogens with zero attached hydrogens (tertiary/aromatic N) is 1. The largest absolute Gasteiger partial charge is 0.389 e. The summed E-state index contributed by atoms with van der Waals surface area (Å²) in [4.78, 5) is 2.28. The molecule has 1 fully saturated rings. The quantitative estimate of drug-likeness (QED) is 0.739. The summed E-state index contributed by atoms with van der Waals surface area (Å²) in [5.41, 5.74) is 5.51. The molecule has 1 heterocycles. The third kappa shape index (κ3) is 2.13. The van der Waals surface area contributed by atoms with E-state index in [1.807, 2.05) is 13.0 Å². The molecular formula is C24H23NO2. The van der Waals surface area contributed by atoms with Gasteiger partial charge in [-0.25, -0.2) is 0 Å². The molecule has 3 aromatic rings. The van der Waals surface area contributed by atoms with E-state index in [-0.39, 0.29) is 6.04 Å². The van der Waals surface area contributed by atoms with Crippen LogP contribution in [0.3, 0.4) is 0 Å². The summed E-state index contributed by atoms with van der Waals surface area (Å²) in [5, 5.41) is 21.0. The van der Waals surface area contributed by atoms with Gasteiger partial charge in [0.15, 0.2) is 0 Å². The predicted octanol–water partition coefficient (Wildman–Crippen LogP) is 3.38. The van der Waals surface area contributed by atoms with Gasteiger partial charge in [0.25, 0.3) is 0 Å². The number of hydrogen-bond donors (Lipinski definition) is 2. The van der Waals surface area contributed by atoms with Gasteiger partial charge in [0, 0.05) is 12.6 Å². The van der Waals surface area contributed by atoms with Crippen LogP contribution < -0.4 is 0 Å². The van der Waals surface area contributed by atoms with Gasteiger partial charge < -0.3 is 10.2 Å². The van der Waals surface area contributed by atoms with Gasteiger partial charge in [-0.1, -0.05) is 78.9 Å². The molecule has 3 nitrogen and oxygen atoms in total. The molecule has 0 unspecified atom stereocenters. The third-order valence-corrected chi connectivity index (χ3v) is 6.31. The summed E-state index contributed by atoms with van der Waals surface area (Å²) in [5.74, 6) is 0. The molecule has 0 bridgehead atoms. The van der Waals surface area contributed by atoms with Gasteiger partial charge in [-0.3, -0.25) is 4.90 Å². The number of hydrogen-bond acceptors (Lipinski definition) is 3. The van der Waals surface area contributed by atoms with E-state index in [1.165, 1.54) is 22.3 Å². The Morgan fingerprint density at radius 2 is 1.30 bits per heavy atom. The fraction of sp³-hybridized carbons (Fsp3) is 0.250. The smallest absolute Gasteiger partial charge is 0.0989 e. The average molecular weight is 357 g/mol. The first-order valence-electron chi connectivity index (χ1n) is 9.53. The summed E-state index contributed by atoms with van der Waals surface area (Å²) >= 11 is 0. The summed E-state index contributed by atoms with van der Waals surface area (Å²) in [7, 11) is 0. The lowest BCUT2D eigenvalue weighted by atomic mass is 9.78. The molecule has 136 valence electrons. The van der Waals surface area contributed by atoms with E-state index >= 15 is 0 Å². The zero-order valence-corrected chi connectivity index (χ0v) is 15.3. The number of rotatable bonds is 2. The minimum absolute atomic E-state index is 0.167. The third-order valence-electron chi connectivity index (χ3n) is 6.31. The molecule has 5 rings (SSSR count). The number of β-amino-alcohol motifs (C(OH)–C–C–N with tert-alkyl or cyclic N) is 1. The Morgan fingerprint density at radius 3 is 1.81 bits per heavy atom. The monoisotopic (exact) mass is 357 g/mol. The van der Waals surface area contributed by atoms with Gasteiger partial charge in [0.05, 0.1) is 17.7 Å². The Morgan fingerprint density at radius 1 is 0.778 bits per heavy atom. The first kappa shape index (κ1) is 16.7. The lowest BCUT2D eigenvalue weighted by Gasteiger charge is -2.44. The lowest BCUT2D eigenvalue weighted by Crippen LogP contribution is -2.50. The van der Waals surface area contributed by atoms with E-state index in [0.29, 0.717) is 6.54 Å². The van der Waals surface area contributed by atoms with E-state index in [2.05, 4.69) is 77.7 Å². The molecule has 3 heteroatoms. The van der Waals surface area contributed by atoms with Crippen molar-refractivity contribution in [2.24, 2.45) is 0 Å². The lowest BCUT2D eigenvalue weighted by molar-refractivity contribution is 0.0385. The molecule has 0 radical (unpaired) electrons. The van der Waals surface area contributed by atoms with Crippen LogP contribution in [0, 0.1) is 0 Å². The molecule has 1 saturated heterocycles. The number of fused-ring (bicyclic) bond motifs is 3. The molecule has 0 aromatic heterocycles. The molecule has 2 N–H and O–H groups in total. The van der Waals surface area contributed by atoms with Crippen molar-refractivity contribution in [2.75, 3.05) is 6.54 Å². The normalized spacial score (nSPS) is 26.0. The summed E-state index contributed by atoms with van der Waals surface area (Å²) in [6.07, 6.45) is -1.51. The molecule has 3 atom stereocenters. The zero-order chi connectivity index (χ0) is 18.6. The highest BCUT2D eigenvalue weighted by Crippen LogP contribution is 2.55. The topological polar surface area (TPSA) is 43.7 Å². The van der Waals surface area contributed by atoms with Crippen molar-refractivity contribution < 1.29 is 10.2 Å².